The molecule has 0 atom stereocenters. The largest absolute Gasteiger partial charge is 0.245 e. The van der Waals surface area contributed by atoms with E-state index in [1.807, 2.05) is 6.07 Å². The summed E-state index contributed by atoms with van der Waals surface area (Å²) in [7, 11) is -3.58. The molecule has 1 aromatic heterocycles. The molecule has 0 aromatic carbocycles. The normalized spacial score (nSPS) is 17.9. The zero-order chi connectivity index (χ0) is 13.0. The zero-order valence-corrected chi connectivity index (χ0v) is 10.9. The van der Waals surface area contributed by atoms with Gasteiger partial charge in [0.25, 0.3) is 0 Å². The number of nitriles is 1. The number of hydrogen-bond donors (Lipinski definition) is 0. The predicted octanol–water partition coefficient (Wildman–Crippen LogP) is 1.52. The van der Waals surface area contributed by atoms with Crippen molar-refractivity contribution in [3.05, 3.63) is 24.0 Å². The Hall–Kier alpha value is -1.45. The third-order valence-electron chi connectivity index (χ3n) is 3.06. The molecule has 1 saturated heterocycles. The van der Waals surface area contributed by atoms with E-state index in [0.29, 0.717) is 13.1 Å². The van der Waals surface area contributed by atoms with Crippen LogP contribution >= 0.6 is 0 Å². The van der Waals surface area contributed by atoms with Crippen LogP contribution in [0.15, 0.2) is 23.2 Å². The molecule has 0 unspecified atom stereocenters. The van der Waals surface area contributed by atoms with Crippen molar-refractivity contribution in [1.82, 2.24) is 9.29 Å². The number of hydrogen-bond acceptors (Lipinski definition) is 4. The molecule has 0 saturated carbocycles. The van der Waals surface area contributed by atoms with E-state index >= 15 is 0 Å². The maximum atomic E-state index is 12.5. The van der Waals surface area contributed by atoms with Crippen molar-refractivity contribution in [2.45, 2.75) is 30.6 Å². The highest BCUT2D eigenvalue weighted by atomic mass is 32.2. The summed E-state index contributed by atoms with van der Waals surface area (Å²) in [6, 6.07) is 4.84. The number of rotatable bonds is 2. The van der Waals surface area contributed by atoms with E-state index in [-0.39, 0.29) is 10.6 Å². The highest BCUT2D eigenvalue weighted by Crippen LogP contribution is 2.21. The Morgan fingerprint density at radius 2 is 1.89 bits per heavy atom. The minimum Gasteiger partial charge on any atom is -0.244 e. The lowest BCUT2D eigenvalue weighted by atomic mass is 10.2. The minimum atomic E-state index is -3.58. The van der Waals surface area contributed by atoms with Crippen molar-refractivity contribution in [1.29, 1.82) is 5.26 Å². The van der Waals surface area contributed by atoms with Crippen LogP contribution in [0.3, 0.4) is 0 Å². The van der Waals surface area contributed by atoms with Crippen LogP contribution in [0.4, 0.5) is 0 Å². The highest BCUT2D eigenvalue weighted by molar-refractivity contribution is 7.89. The van der Waals surface area contributed by atoms with Gasteiger partial charge in [-0.2, -0.15) is 9.57 Å². The summed E-state index contributed by atoms with van der Waals surface area (Å²) in [5.74, 6) is 0. The van der Waals surface area contributed by atoms with Crippen molar-refractivity contribution in [3.63, 3.8) is 0 Å². The van der Waals surface area contributed by atoms with E-state index in [1.165, 1.54) is 16.6 Å². The molecule has 0 amide bonds. The van der Waals surface area contributed by atoms with E-state index in [1.54, 1.807) is 6.07 Å². The molecule has 1 fully saturated rings. The number of aromatic nitrogens is 1. The van der Waals surface area contributed by atoms with Gasteiger partial charge in [0.15, 0.2) is 5.69 Å². The first-order valence-electron chi connectivity index (χ1n) is 6.01. The molecule has 2 rings (SSSR count). The van der Waals surface area contributed by atoms with Gasteiger partial charge in [0, 0.05) is 19.3 Å². The van der Waals surface area contributed by atoms with Gasteiger partial charge in [-0.3, -0.25) is 0 Å². The van der Waals surface area contributed by atoms with Gasteiger partial charge in [0.05, 0.1) is 0 Å². The Labute approximate surface area is 107 Å². The first-order valence-corrected chi connectivity index (χ1v) is 7.45. The Balaban J connectivity index is 2.38. The van der Waals surface area contributed by atoms with Gasteiger partial charge < -0.3 is 0 Å². The van der Waals surface area contributed by atoms with Crippen LogP contribution in [0.25, 0.3) is 0 Å². The van der Waals surface area contributed by atoms with E-state index < -0.39 is 10.0 Å². The fraction of sp³-hybridized carbons (Fsp3) is 0.500. The Morgan fingerprint density at radius 3 is 2.50 bits per heavy atom. The summed E-state index contributed by atoms with van der Waals surface area (Å²) in [6.45, 7) is 1.06. The van der Waals surface area contributed by atoms with E-state index in [9.17, 15) is 8.42 Å². The van der Waals surface area contributed by atoms with Crippen LogP contribution < -0.4 is 0 Å². The summed E-state index contributed by atoms with van der Waals surface area (Å²) in [5, 5.41) is 8.94. The van der Waals surface area contributed by atoms with Crippen molar-refractivity contribution in [2.24, 2.45) is 0 Å². The molecule has 1 aliphatic rings. The first kappa shape index (κ1) is 13.0. The summed E-state index contributed by atoms with van der Waals surface area (Å²) in [6.07, 6.45) is 5.30. The third-order valence-corrected chi connectivity index (χ3v) is 4.99. The van der Waals surface area contributed by atoms with Gasteiger partial charge in [-0.25, -0.2) is 13.4 Å². The summed E-state index contributed by atoms with van der Waals surface area (Å²) < 4.78 is 26.4. The van der Waals surface area contributed by atoms with Crippen molar-refractivity contribution >= 4 is 10.0 Å². The maximum Gasteiger partial charge on any atom is 0.245 e. The lowest BCUT2D eigenvalue weighted by Gasteiger charge is -2.20. The quantitative estimate of drug-likeness (QED) is 0.812. The van der Waals surface area contributed by atoms with E-state index in [4.69, 9.17) is 5.26 Å². The van der Waals surface area contributed by atoms with Gasteiger partial charge in [-0.1, -0.05) is 12.8 Å². The maximum absolute atomic E-state index is 12.5. The predicted molar refractivity (Wildman–Crippen MR) is 66.2 cm³/mol. The molecule has 1 aliphatic heterocycles. The second-order valence-corrected chi connectivity index (χ2v) is 6.19. The van der Waals surface area contributed by atoms with Crippen LogP contribution in [0, 0.1) is 11.3 Å². The molecule has 6 heteroatoms. The zero-order valence-electron chi connectivity index (χ0n) is 10.0. The van der Waals surface area contributed by atoms with Gasteiger partial charge in [-0.05, 0) is 25.0 Å². The lowest BCUT2D eigenvalue weighted by Crippen LogP contribution is -2.32. The average molecular weight is 265 g/mol. The summed E-state index contributed by atoms with van der Waals surface area (Å²) in [5.41, 5.74) is -0.0262. The van der Waals surface area contributed by atoms with Crippen molar-refractivity contribution in [3.8, 4) is 6.07 Å². The van der Waals surface area contributed by atoms with Crippen LogP contribution in [-0.2, 0) is 10.0 Å². The molecule has 1 aromatic rings. The fourth-order valence-corrected chi connectivity index (χ4v) is 3.71. The van der Waals surface area contributed by atoms with Crippen molar-refractivity contribution in [2.75, 3.05) is 13.1 Å². The third kappa shape index (κ3) is 2.52. The molecule has 18 heavy (non-hydrogen) atoms. The molecule has 0 bridgehead atoms. The monoisotopic (exact) mass is 265 g/mol. The number of sulfonamides is 1. The first-order chi connectivity index (χ1) is 8.66. The topological polar surface area (TPSA) is 74.1 Å². The van der Waals surface area contributed by atoms with Crippen LogP contribution in [0.1, 0.15) is 31.4 Å². The lowest BCUT2D eigenvalue weighted by molar-refractivity contribution is 0.423. The van der Waals surface area contributed by atoms with Gasteiger partial charge in [0.1, 0.15) is 11.0 Å². The van der Waals surface area contributed by atoms with Crippen LogP contribution in [0.5, 0.6) is 0 Å². The van der Waals surface area contributed by atoms with E-state index in [2.05, 4.69) is 4.98 Å². The smallest absolute Gasteiger partial charge is 0.244 e. The molecular formula is C12H15N3O2S. The average Bonchev–Trinajstić information content (AvgIpc) is 2.68. The molecule has 2 heterocycles. The van der Waals surface area contributed by atoms with Crippen LogP contribution in [0.2, 0.25) is 0 Å². The summed E-state index contributed by atoms with van der Waals surface area (Å²) >= 11 is 0. The van der Waals surface area contributed by atoms with E-state index in [0.717, 1.165) is 25.7 Å². The standard InChI is InChI=1S/C12H15N3O2S/c13-10-11-12(6-5-7-14-11)18(16,17)15-8-3-1-2-4-9-15/h5-7H,1-4,8-9H2. The number of nitrogens with zero attached hydrogens (tertiary/aromatic N) is 3. The SMILES string of the molecule is N#Cc1ncccc1S(=O)(=O)N1CCCCCC1. The molecular weight excluding hydrogens is 250 g/mol. The van der Waals surface area contributed by atoms with Gasteiger partial charge in [-0.15, -0.1) is 0 Å². The van der Waals surface area contributed by atoms with Gasteiger partial charge >= 0.3 is 0 Å². The molecule has 0 aliphatic carbocycles. The molecule has 5 nitrogen and oxygen atoms in total. The fourth-order valence-electron chi connectivity index (χ4n) is 2.10. The second kappa shape index (κ2) is 5.46. The Morgan fingerprint density at radius 1 is 1.22 bits per heavy atom. The molecule has 0 N–H and O–H groups in total. The molecule has 0 radical (unpaired) electrons. The highest BCUT2D eigenvalue weighted by Gasteiger charge is 2.27. The summed E-state index contributed by atoms with van der Waals surface area (Å²) in [4.78, 5) is 3.84. The second-order valence-electron chi connectivity index (χ2n) is 4.28. The van der Waals surface area contributed by atoms with Crippen LogP contribution in [-0.4, -0.2) is 30.8 Å². The Kier molecular flexibility index (Phi) is 3.94. The molecule has 0 spiro atoms. The minimum absolute atomic E-state index is 0.0226. The molecule has 96 valence electrons. The van der Waals surface area contributed by atoms with Crippen molar-refractivity contribution < 1.29 is 8.42 Å². The number of pyridine rings is 1. The van der Waals surface area contributed by atoms with Gasteiger partial charge in [0.2, 0.25) is 10.0 Å². The Bertz CT molecular complexity index is 555.